The lowest BCUT2D eigenvalue weighted by molar-refractivity contribution is -0.123. The number of fused-ring (bicyclic) bond motifs is 3. The van der Waals surface area contributed by atoms with Gasteiger partial charge in [0.05, 0.1) is 12.5 Å². The predicted octanol–water partition coefficient (Wildman–Crippen LogP) is 1.76. The van der Waals surface area contributed by atoms with Gasteiger partial charge in [-0.25, -0.2) is 4.39 Å². The third-order valence-electron chi connectivity index (χ3n) is 3.71. The van der Waals surface area contributed by atoms with Crippen LogP contribution in [0, 0.1) is 11.7 Å². The Morgan fingerprint density at radius 2 is 2.33 bits per heavy atom. The molecule has 8 heteroatoms. The Morgan fingerprint density at radius 1 is 1.48 bits per heavy atom. The van der Waals surface area contributed by atoms with Crippen molar-refractivity contribution in [2.75, 3.05) is 0 Å². The summed E-state index contributed by atoms with van der Waals surface area (Å²) in [5.74, 6) is 0.148. The largest absolute Gasteiger partial charge is 0.489 e. The van der Waals surface area contributed by atoms with E-state index in [2.05, 4.69) is 31.4 Å². The Bertz CT molecular complexity index is 735. The molecule has 4 rings (SSSR count). The van der Waals surface area contributed by atoms with Crippen LogP contribution in [0.15, 0.2) is 27.5 Å². The number of hydrogen-bond acceptors (Lipinski definition) is 5. The van der Waals surface area contributed by atoms with Crippen molar-refractivity contribution in [2.45, 2.75) is 18.6 Å². The van der Waals surface area contributed by atoms with Crippen LogP contribution >= 0.6 is 15.9 Å². The number of rotatable bonds is 3. The summed E-state index contributed by atoms with van der Waals surface area (Å²) in [5, 5.41) is 6.28. The third-order valence-corrected chi connectivity index (χ3v) is 4.03. The number of hydrogen-bond donors (Lipinski definition) is 1. The molecule has 0 radical (unpaired) electrons. The number of halogens is 2. The summed E-state index contributed by atoms with van der Waals surface area (Å²) >= 11 is 3.06. The van der Waals surface area contributed by atoms with Gasteiger partial charge in [0.15, 0.2) is 0 Å². The van der Waals surface area contributed by atoms with Crippen molar-refractivity contribution in [3.05, 3.63) is 40.2 Å². The number of aromatic nitrogens is 2. The summed E-state index contributed by atoms with van der Waals surface area (Å²) in [7, 11) is 0. The molecule has 6 nitrogen and oxygen atoms in total. The molecule has 0 saturated heterocycles. The molecule has 2 aliphatic rings. The molecule has 1 amide bonds. The minimum Gasteiger partial charge on any atom is -0.489 e. The van der Waals surface area contributed by atoms with Crippen LogP contribution in [-0.4, -0.2) is 22.2 Å². The number of benzene rings is 1. The van der Waals surface area contributed by atoms with Crippen LogP contribution < -0.4 is 10.1 Å². The van der Waals surface area contributed by atoms with Crippen molar-refractivity contribution in [2.24, 2.45) is 5.92 Å². The Labute approximate surface area is 126 Å². The first-order chi connectivity index (χ1) is 10.1. The molecule has 108 valence electrons. The maximum absolute atomic E-state index is 13.3. The lowest BCUT2D eigenvalue weighted by atomic mass is 10.1. The number of carbonyl (C=O) groups is 1. The van der Waals surface area contributed by atoms with Crippen molar-refractivity contribution in [1.29, 1.82) is 0 Å². The van der Waals surface area contributed by atoms with E-state index in [9.17, 15) is 9.18 Å². The summed E-state index contributed by atoms with van der Waals surface area (Å²) in [6, 6.07) is 4.39. The van der Waals surface area contributed by atoms with Crippen LogP contribution in [0.4, 0.5) is 4.39 Å². The predicted molar refractivity (Wildman–Crippen MR) is 70.9 cm³/mol. The minimum atomic E-state index is -0.320. The number of ether oxygens (including phenoxy) is 1. The molecule has 1 aromatic carbocycles. The summed E-state index contributed by atoms with van der Waals surface area (Å²) in [6.45, 7) is 0.156. The average molecular weight is 354 g/mol. The quantitative estimate of drug-likeness (QED) is 0.909. The van der Waals surface area contributed by atoms with Gasteiger partial charge in [0.25, 0.3) is 0 Å². The minimum absolute atomic E-state index is 0.0647. The third kappa shape index (κ3) is 2.10. The molecule has 2 aromatic rings. The Balaban J connectivity index is 1.42. The maximum Gasteiger partial charge on any atom is 0.246 e. The lowest BCUT2D eigenvalue weighted by Crippen LogP contribution is -2.27. The molecule has 1 aliphatic carbocycles. The van der Waals surface area contributed by atoms with Gasteiger partial charge in [-0.3, -0.25) is 4.79 Å². The lowest BCUT2D eigenvalue weighted by Gasteiger charge is -2.08. The van der Waals surface area contributed by atoms with Gasteiger partial charge in [0.1, 0.15) is 17.7 Å². The maximum atomic E-state index is 13.3. The SMILES string of the molecule is O=C(NCc1nc(Br)no1)C1C2Oc3ccc(F)cc3C21. The van der Waals surface area contributed by atoms with Crippen molar-refractivity contribution in [3.63, 3.8) is 0 Å². The molecule has 21 heavy (non-hydrogen) atoms. The average Bonchev–Trinajstić information content (AvgIpc) is 2.81. The van der Waals surface area contributed by atoms with E-state index in [1.807, 2.05) is 0 Å². The van der Waals surface area contributed by atoms with E-state index in [4.69, 9.17) is 9.26 Å². The second kappa shape index (κ2) is 4.52. The zero-order valence-electron chi connectivity index (χ0n) is 10.5. The van der Waals surface area contributed by atoms with Crippen LogP contribution in [0.3, 0.4) is 0 Å². The topological polar surface area (TPSA) is 77.3 Å². The fourth-order valence-electron chi connectivity index (χ4n) is 2.73. The smallest absolute Gasteiger partial charge is 0.246 e. The van der Waals surface area contributed by atoms with Crippen LogP contribution in [0.1, 0.15) is 17.4 Å². The van der Waals surface area contributed by atoms with Gasteiger partial charge in [-0.2, -0.15) is 4.98 Å². The monoisotopic (exact) mass is 353 g/mol. The molecule has 1 fully saturated rings. The number of carbonyl (C=O) groups excluding carboxylic acids is 1. The molecule has 1 aromatic heterocycles. The van der Waals surface area contributed by atoms with E-state index < -0.39 is 0 Å². The summed E-state index contributed by atoms with van der Waals surface area (Å²) < 4.78 is 24.1. The first kappa shape index (κ1) is 12.8. The summed E-state index contributed by atoms with van der Waals surface area (Å²) in [4.78, 5) is 16.0. The van der Waals surface area contributed by atoms with Crippen molar-refractivity contribution < 1.29 is 18.4 Å². The Morgan fingerprint density at radius 3 is 3.10 bits per heavy atom. The van der Waals surface area contributed by atoms with Crippen molar-refractivity contribution in [3.8, 4) is 5.75 Å². The summed E-state index contributed by atoms with van der Waals surface area (Å²) in [6.07, 6.45) is -0.198. The molecule has 1 aliphatic heterocycles. The normalized spacial score (nSPS) is 25.0. The molecule has 0 spiro atoms. The molecule has 0 bridgehead atoms. The zero-order valence-corrected chi connectivity index (χ0v) is 12.1. The summed E-state index contributed by atoms with van der Waals surface area (Å²) in [5.41, 5.74) is 0.765. The second-order valence-corrected chi connectivity index (χ2v) is 5.70. The van der Waals surface area contributed by atoms with E-state index in [1.54, 1.807) is 6.07 Å². The zero-order chi connectivity index (χ0) is 14.6. The highest BCUT2D eigenvalue weighted by Crippen LogP contribution is 2.58. The Hall–Kier alpha value is -1.96. The molecule has 1 N–H and O–H groups in total. The molecular formula is C13H9BrFN3O3. The van der Waals surface area contributed by atoms with Gasteiger partial charge >= 0.3 is 0 Å². The van der Waals surface area contributed by atoms with Gasteiger partial charge in [0.2, 0.25) is 16.5 Å². The van der Waals surface area contributed by atoms with Gasteiger partial charge in [-0.1, -0.05) is 0 Å². The first-order valence-electron chi connectivity index (χ1n) is 6.35. The van der Waals surface area contributed by atoms with Crippen molar-refractivity contribution >= 4 is 21.8 Å². The highest BCUT2D eigenvalue weighted by Gasteiger charge is 2.62. The molecule has 3 unspecified atom stereocenters. The molecule has 1 saturated carbocycles. The molecular weight excluding hydrogens is 345 g/mol. The first-order valence-corrected chi connectivity index (χ1v) is 7.14. The Kier molecular flexibility index (Phi) is 2.75. The fraction of sp³-hybridized carbons (Fsp3) is 0.308. The van der Waals surface area contributed by atoms with Gasteiger partial charge < -0.3 is 14.6 Å². The van der Waals surface area contributed by atoms with Crippen molar-refractivity contribution in [1.82, 2.24) is 15.5 Å². The van der Waals surface area contributed by atoms with Crippen LogP contribution in [0.2, 0.25) is 0 Å². The number of amides is 1. The van der Waals surface area contributed by atoms with E-state index >= 15 is 0 Å². The molecule has 2 heterocycles. The van der Waals surface area contributed by atoms with Gasteiger partial charge in [-0.05, 0) is 39.3 Å². The van der Waals surface area contributed by atoms with Gasteiger partial charge in [-0.15, -0.1) is 0 Å². The fourth-order valence-corrected chi connectivity index (χ4v) is 3.00. The van der Waals surface area contributed by atoms with Gasteiger partial charge in [0, 0.05) is 11.5 Å². The van der Waals surface area contributed by atoms with Crippen LogP contribution in [-0.2, 0) is 11.3 Å². The van der Waals surface area contributed by atoms with E-state index in [-0.39, 0.29) is 36.2 Å². The highest BCUT2D eigenvalue weighted by atomic mass is 79.9. The van der Waals surface area contributed by atoms with Crippen LogP contribution in [0.25, 0.3) is 0 Å². The van der Waals surface area contributed by atoms with E-state index in [0.29, 0.717) is 16.4 Å². The second-order valence-electron chi connectivity index (χ2n) is 4.99. The molecule has 3 atom stereocenters. The number of nitrogens with one attached hydrogen (secondary N) is 1. The van der Waals surface area contributed by atoms with E-state index in [0.717, 1.165) is 5.56 Å². The van der Waals surface area contributed by atoms with Crippen LogP contribution in [0.5, 0.6) is 5.75 Å². The number of nitrogens with zero attached hydrogens (tertiary/aromatic N) is 2. The highest BCUT2D eigenvalue weighted by molar-refractivity contribution is 9.10. The standard InChI is InChI=1S/C13H9BrFN3O3/c14-13-17-8(21-18-13)4-16-12(19)10-9-6-3-5(15)1-2-7(6)20-11(9)10/h1-3,9-11H,4H2,(H,16,19). The van der Waals surface area contributed by atoms with E-state index in [1.165, 1.54) is 12.1 Å².